The molecule has 9 heteroatoms. The van der Waals surface area contributed by atoms with E-state index in [4.69, 9.17) is 21.1 Å². The van der Waals surface area contributed by atoms with Crippen molar-refractivity contribution in [3.8, 4) is 0 Å². The van der Waals surface area contributed by atoms with Gasteiger partial charge in [-0.05, 0) is 50.3 Å². The maximum atomic E-state index is 12.7. The molecule has 1 aromatic rings. The highest BCUT2D eigenvalue weighted by atomic mass is 35.5. The monoisotopic (exact) mass is 430 g/mol. The van der Waals surface area contributed by atoms with Gasteiger partial charge in [0.2, 0.25) is 10.0 Å². The Morgan fingerprint density at radius 3 is 2.64 bits per heavy atom. The van der Waals surface area contributed by atoms with Gasteiger partial charge >= 0.3 is 0 Å². The zero-order chi connectivity index (χ0) is 20.1. The molecule has 2 N–H and O–H groups in total. The van der Waals surface area contributed by atoms with E-state index in [2.05, 4.69) is 10.0 Å². The lowest BCUT2D eigenvalue weighted by atomic mass is 10.0. The van der Waals surface area contributed by atoms with Crippen LogP contribution in [0.5, 0.6) is 0 Å². The summed E-state index contributed by atoms with van der Waals surface area (Å²) in [4.78, 5) is 12.6. The molecule has 0 radical (unpaired) electrons. The lowest BCUT2D eigenvalue weighted by Gasteiger charge is -2.23. The summed E-state index contributed by atoms with van der Waals surface area (Å²) in [6.07, 6.45) is 4.24. The quantitative estimate of drug-likeness (QED) is 0.660. The number of nitrogens with one attached hydrogen (secondary N) is 2. The Kier molecular flexibility index (Phi) is 7.33. The largest absolute Gasteiger partial charge is 0.377 e. The number of carbonyl (C=O) groups excluding carboxylic acids is 1. The van der Waals surface area contributed by atoms with Gasteiger partial charge in [-0.25, -0.2) is 13.1 Å². The van der Waals surface area contributed by atoms with Crippen LogP contribution < -0.4 is 10.0 Å². The molecule has 1 aromatic carbocycles. The van der Waals surface area contributed by atoms with E-state index in [1.807, 2.05) is 6.92 Å². The Labute approximate surface area is 171 Å². The highest BCUT2D eigenvalue weighted by Crippen LogP contribution is 2.24. The number of carbonyl (C=O) groups is 1. The third kappa shape index (κ3) is 5.24. The minimum Gasteiger partial charge on any atom is -0.377 e. The standard InChI is InChI=1S/C19H27ClN2O5S/c1-2-16(17-6-4-10-27-17)22-19(23)13-7-8-15(20)18(11-13)28(24,25)21-12-14-5-3-9-26-14/h7-8,11,14,16-17,21H,2-6,9-10,12H2,1H3,(H,22,23)/t14-,16-,17+/m0/s1. The van der Waals surface area contributed by atoms with Gasteiger partial charge in [0.05, 0.1) is 23.3 Å². The van der Waals surface area contributed by atoms with Crippen LogP contribution in [0.2, 0.25) is 5.02 Å². The van der Waals surface area contributed by atoms with E-state index in [9.17, 15) is 13.2 Å². The molecule has 3 atom stereocenters. The summed E-state index contributed by atoms with van der Waals surface area (Å²) in [5, 5.41) is 3.03. The first-order valence-corrected chi connectivity index (χ1v) is 11.6. The lowest BCUT2D eigenvalue weighted by Crippen LogP contribution is -2.42. The third-order valence-corrected chi connectivity index (χ3v) is 7.08. The Hall–Kier alpha value is -1.19. The fraction of sp³-hybridized carbons (Fsp3) is 0.632. The van der Waals surface area contributed by atoms with E-state index in [1.165, 1.54) is 18.2 Å². The van der Waals surface area contributed by atoms with Crippen molar-refractivity contribution >= 4 is 27.5 Å². The van der Waals surface area contributed by atoms with Crippen molar-refractivity contribution in [2.24, 2.45) is 0 Å². The van der Waals surface area contributed by atoms with Gasteiger partial charge in [0.1, 0.15) is 4.90 Å². The van der Waals surface area contributed by atoms with Gasteiger partial charge in [0.15, 0.2) is 0 Å². The molecule has 0 unspecified atom stereocenters. The van der Waals surface area contributed by atoms with Crippen molar-refractivity contribution in [3.05, 3.63) is 28.8 Å². The minimum atomic E-state index is -3.85. The summed E-state index contributed by atoms with van der Waals surface area (Å²) in [5.74, 6) is -0.338. The molecule has 2 aliphatic rings. The summed E-state index contributed by atoms with van der Waals surface area (Å²) >= 11 is 6.12. The van der Waals surface area contributed by atoms with Gasteiger partial charge in [-0.3, -0.25) is 4.79 Å². The van der Waals surface area contributed by atoms with Crippen molar-refractivity contribution in [2.45, 2.75) is 62.2 Å². The fourth-order valence-corrected chi connectivity index (χ4v) is 5.16. The molecule has 0 bridgehead atoms. The topological polar surface area (TPSA) is 93.7 Å². The molecule has 1 amide bonds. The van der Waals surface area contributed by atoms with Gasteiger partial charge in [-0.2, -0.15) is 0 Å². The molecule has 3 rings (SSSR count). The molecule has 2 saturated heterocycles. The van der Waals surface area contributed by atoms with E-state index < -0.39 is 10.0 Å². The number of rotatable bonds is 8. The van der Waals surface area contributed by atoms with Crippen LogP contribution in [0.4, 0.5) is 0 Å². The van der Waals surface area contributed by atoms with Gasteiger partial charge < -0.3 is 14.8 Å². The van der Waals surface area contributed by atoms with Crippen LogP contribution in [0.3, 0.4) is 0 Å². The van der Waals surface area contributed by atoms with Crippen LogP contribution >= 0.6 is 11.6 Å². The smallest absolute Gasteiger partial charge is 0.251 e. The maximum absolute atomic E-state index is 12.7. The number of hydrogen-bond donors (Lipinski definition) is 2. The van der Waals surface area contributed by atoms with Crippen LogP contribution in [-0.2, 0) is 19.5 Å². The average molecular weight is 431 g/mol. The molecule has 0 saturated carbocycles. The second-order valence-corrected chi connectivity index (χ2v) is 9.31. The second-order valence-electron chi connectivity index (χ2n) is 7.17. The number of benzene rings is 1. The molecule has 28 heavy (non-hydrogen) atoms. The van der Waals surface area contributed by atoms with Gasteiger partial charge in [-0.1, -0.05) is 18.5 Å². The van der Waals surface area contributed by atoms with Crippen molar-refractivity contribution in [3.63, 3.8) is 0 Å². The second kappa shape index (κ2) is 9.54. The van der Waals surface area contributed by atoms with Gasteiger partial charge in [0.25, 0.3) is 5.91 Å². The summed E-state index contributed by atoms with van der Waals surface area (Å²) in [6, 6.07) is 4.17. The molecular weight excluding hydrogens is 404 g/mol. The van der Waals surface area contributed by atoms with Crippen molar-refractivity contribution in [1.82, 2.24) is 10.0 Å². The predicted molar refractivity (Wildman–Crippen MR) is 106 cm³/mol. The van der Waals surface area contributed by atoms with E-state index >= 15 is 0 Å². The Balaban J connectivity index is 1.71. The highest BCUT2D eigenvalue weighted by molar-refractivity contribution is 7.89. The Morgan fingerprint density at radius 1 is 1.25 bits per heavy atom. The first kappa shape index (κ1) is 21.5. The molecule has 156 valence electrons. The number of sulfonamides is 1. The Morgan fingerprint density at radius 2 is 2.00 bits per heavy atom. The third-order valence-electron chi connectivity index (χ3n) is 5.18. The molecule has 2 aliphatic heterocycles. The number of amides is 1. The van der Waals surface area contributed by atoms with Crippen molar-refractivity contribution in [1.29, 1.82) is 0 Å². The first-order valence-electron chi connectivity index (χ1n) is 9.74. The van der Waals surface area contributed by atoms with Crippen molar-refractivity contribution < 1.29 is 22.7 Å². The van der Waals surface area contributed by atoms with E-state index in [-0.39, 0.29) is 46.2 Å². The molecule has 0 aliphatic carbocycles. The zero-order valence-electron chi connectivity index (χ0n) is 15.9. The van der Waals surface area contributed by atoms with Crippen LogP contribution in [0.25, 0.3) is 0 Å². The number of hydrogen-bond acceptors (Lipinski definition) is 5. The van der Waals surface area contributed by atoms with E-state index in [1.54, 1.807) is 0 Å². The molecule has 2 fully saturated rings. The molecule has 2 heterocycles. The minimum absolute atomic E-state index is 0.00229. The van der Waals surface area contributed by atoms with Crippen LogP contribution in [0, 0.1) is 0 Å². The number of halogens is 1. The first-order chi connectivity index (χ1) is 13.4. The number of ether oxygens (including phenoxy) is 2. The zero-order valence-corrected chi connectivity index (χ0v) is 17.5. The summed E-state index contributed by atoms with van der Waals surface area (Å²) in [5.41, 5.74) is 0.248. The summed E-state index contributed by atoms with van der Waals surface area (Å²) < 4.78 is 39.0. The van der Waals surface area contributed by atoms with E-state index in [0.717, 1.165) is 32.1 Å². The summed E-state index contributed by atoms with van der Waals surface area (Å²) in [6.45, 7) is 3.52. The van der Waals surface area contributed by atoms with Gasteiger partial charge in [-0.15, -0.1) is 0 Å². The van der Waals surface area contributed by atoms with Crippen molar-refractivity contribution in [2.75, 3.05) is 19.8 Å². The predicted octanol–water partition coefficient (Wildman–Crippen LogP) is 2.48. The van der Waals surface area contributed by atoms with Gasteiger partial charge in [0, 0.05) is 25.3 Å². The molecular formula is C19H27ClN2O5S. The average Bonchev–Trinajstić information content (AvgIpc) is 3.38. The van der Waals surface area contributed by atoms with Crippen LogP contribution in [-0.4, -0.2) is 52.3 Å². The fourth-order valence-electron chi connectivity index (χ4n) is 3.57. The SMILES string of the molecule is CC[C@H](NC(=O)c1ccc(Cl)c(S(=O)(=O)NC[C@@H]2CCCO2)c1)[C@H]1CCCO1. The van der Waals surface area contributed by atoms with Crippen LogP contribution in [0.1, 0.15) is 49.4 Å². The maximum Gasteiger partial charge on any atom is 0.251 e. The lowest BCUT2D eigenvalue weighted by molar-refractivity contribution is 0.0665. The Bertz CT molecular complexity index is 790. The summed E-state index contributed by atoms with van der Waals surface area (Å²) in [7, 11) is -3.85. The molecule has 0 aromatic heterocycles. The normalized spacial score (nSPS) is 23.6. The van der Waals surface area contributed by atoms with E-state index in [0.29, 0.717) is 13.2 Å². The highest BCUT2D eigenvalue weighted by Gasteiger charge is 2.27. The molecule has 0 spiro atoms. The molecule has 7 nitrogen and oxygen atoms in total. The van der Waals surface area contributed by atoms with Crippen LogP contribution in [0.15, 0.2) is 23.1 Å².